The van der Waals surface area contributed by atoms with Crippen molar-refractivity contribution in [1.82, 2.24) is 4.57 Å². The van der Waals surface area contributed by atoms with Gasteiger partial charge in [-0.1, -0.05) is 29.0 Å². The number of hydrogen-bond acceptors (Lipinski definition) is 3. The summed E-state index contributed by atoms with van der Waals surface area (Å²) < 4.78 is 8.51. The first-order chi connectivity index (χ1) is 11.1. The predicted octanol–water partition coefficient (Wildman–Crippen LogP) is 3.69. The van der Waals surface area contributed by atoms with Crippen LogP contribution in [-0.4, -0.2) is 17.1 Å². The zero-order valence-electron chi connectivity index (χ0n) is 13.4. The zero-order chi connectivity index (χ0) is 16.4. The van der Waals surface area contributed by atoms with Crippen molar-refractivity contribution in [1.29, 1.82) is 0 Å². The molecule has 0 spiro atoms. The van der Waals surface area contributed by atoms with E-state index in [0.717, 1.165) is 21.5 Å². The lowest BCUT2D eigenvalue weighted by Crippen LogP contribution is -2.13. The third-order valence-electron chi connectivity index (χ3n) is 3.59. The summed E-state index contributed by atoms with van der Waals surface area (Å²) >= 11 is 1.49. The predicted molar refractivity (Wildman–Crippen MR) is 93.0 cm³/mol. The van der Waals surface area contributed by atoms with Gasteiger partial charge in [-0.25, -0.2) is 0 Å². The van der Waals surface area contributed by atoms with Crippen LogP contribution in [0.5, 0.6) is 5.75 Å². The molecule has 0 aliphatic carbocycles. The Morgan fingerprint density at radius 3 is 2.65 bits per heavy atom. The molecule has 1 aromatic heterocycles. The number of hydrogen-bond donors (Lipinski definition) is 0. The van der Waals surface area contributed by atoms with Gasteiger partial charge in [-0.2, -0.15) is 4.99 Å². The van der Waals surface area contributed by atoms with Gasteiger partial charge in [0.15, 0.2) is 4.80 Å². The lowest BCUT2D eigenvalue weighted by molar-refractivity contribution is 0.0998. The Kier molecular flexibility index (Phi) is 4.30. The van der Waals surface area contributed by atoms with Crippen LogP contribution in [0.3, 0.4) is 0 Å². The molecule has 0 fully saturated rings. The highest BCUT2D eigenvalue weighted by atomic mass is 32.1. The average molecular weight is 326 g/mol. The molecule has 5 heteroatoms. The largest absolute Gasteiger partial charge is 0.494 e. The van der Waals surface area contributed by atoms with Crippen LogP contribution in [0, 0.1) is 6.92 Å². The molecule has 0 saturated carbocycles. The molecule has 0 atom stereocenters. The third kappa shape index (κ3) is 3.19. The molecular formula is C18H18N2O2S. The number of aryl methyl sites for hydroxylation is 2. The fourth-order valence-electron chi connectivity index (χ4n) is 2.32. The maximum atomic E-state index is 12.3. The summed E-state index contributed by atoms with van der Waals surface area (Å²) in [5, 5.41) is 0. The quantitative estimate of drug-likeness (QED) is 0.737. The molecule has 23 heavy (non-hydrogen) atoms. The molecule has 0 aliphatic heterocycles. The summed E-state index contributed by atoms with van der Waals surface area (Å²) in [5.74, 6) is 0.607. The Labute approximate surface area is 138 Å². The van der Waals surface area contributed by atoms with Gasteiger partial charge in [0.2, 0.25) is 0 Å². The number of benzene rings is 2. The normalized spacial score (nSPS) is 11.9. The lowest BCUT2D eigenvalue weighted by Gasteiger charge is -2.02. The summed E-state index contributed by atoms with van der Waals surface area (Å²) in [4.78, 5) is 17.3. The fourth-order valence-corrected chi connectivity index (χ4v) is 3.37. The number of thiazole rings is 1. The first kappa shape index (κ1) is 15.5. The fraction of sp³-hybridized carbons (Fsp3) is 0.222. The van der Waals surface area contributed by atoms with E-state index in [1.165, 1.54) is 11.3 Å². The molecule has 0 radical (unpaired) electrons. The van der Waals surface area contributed by atoms with Crippen molar-refractivity contribution < 1.29 is 9.53 Å². The van der Waals surface area contributed by atoms with Gasteiger partial charge in [-0.05, 0) is 44.2 Å². The van der Waals surface area contributed by atoms with Crippen molar-refractivity contribution in [2.75, 3.05) is 6.61 Å². The molecule has 1 heterocycles. The summed E-state index contributed by atoms with van der Waals surface area (Å²) in [6, 6.07) is 13.4. The second-order valence-corrected chi connectivity index (χ2v) is 6.30. The summed E-state index contributed by atoms with van der Waals surface area (Å²) in [6.07, 6.45) is 0. The van der Waals surface area contributed by atoms with Crippen molar-refractivity contribution in [2.24, 2.45) is 12.0 Å². The Hall–Kier alpha value is -2.40. The van der Waals surface area contributed by atoms with Crippen molar-refractivity contribution in [2.45, 2.75) is 13.8 Å². The standard InChI is InChI=1S/C18H18N2O2S/c1-4-22-14-9-10-15-16(11-14)23-18(20(15)3)19-17(21)13-7-5-12(2)6-8-13/h5-11H,4H2,1-3H3. The summed E-state index contributed by atoms with van der Waals surface area (Å²) in [5.41, 5.74) is 2.76. The van der Waals surface area contributed by atoms with E-state index in [1.54, 1.807) is 0 Å². The van der Waals surface area contributed by atoms with Crippen LogP contribution >= 0.6 is 11.3 Å². The highest BCUT2D eigenvalue weighted by Gasteiger charge is 2.08. The molecule has 3 rings (SSSR count). The number of aromatic nitrogens is 1. The van der Waals surface area contributed by atoms with Gasteiger partial charge in [0.05, 0.1) is 16.8 Å². The highest BCUT2D eigenvalue weighted by Crippen LogP contribution is 2.22. The molecule has 0 bridgehead atoms. The van der Waals surface area contributed by atoms with E-state index in [4.69, 9.17) is 4.74 Å². The second kappa shape index (κ2) is 6.38. The van der Waals surface area contributed by atoms with Crippen molar-refractivity contribution >= 4 is 27.5 Å². The van der Waals surface area contributed by atoms with Crippen LogP contribution in [0.4, 0.5) is 0 Å². The number of fused-ring (bicyclic) bond motifs is 1. The molecular weight excluding hydrogens is 308 g/mol. The van der Waals surface area contributed by atoms with E-state index < -0.39 is 0 Å². The van der Waals surface area contributed by atoms with E-state index in [2.05, 4.69) is 4.99 Å². The Bertz CT molecular complexity index is 920. The highest BCUT2D eigenvalue weighted by molar-refractivity contribution is 7.16. The SMILES string of the molecule is CCOc1ccc2c(c1)sc(=NC(=O)c1ccc(C)cc1)n2C. The van der Waals surface area contributed by atoms with Gasteiger partial charge < -0.3 is 9.30 Å². The van der Waals surface area contributed by atoms with Crippen LogP contribution in [-0.2, 0) is 7.05 Å². The Balaban J connectivity index is 2.03. The van der Waals surface area contributed by atoms with E-state index in [9.17, 15) is 4.79 Å². The van der Waals surface area contributed by atoms with Gasteiger partial charge in [0, 0.05) is 12.6 Å². The minimum Gasteiger partial charge on any atom is -0.494 e. The monoisotopic (exact) mass is 326 g/mol. The van der Waals surface area contributed by atoms with Gasteiger partial charge in [-0.15, -0.1) is 0 Å². The number of ether oxygens (including phenoxy) is 1. The van der Waals surface area contributed by atoms with Crippen molar-refractivity contribution in [3.05, 3.63) is 58.4 Å². The van der Waals surface area contributed by atoms with E-state index in [-0.39, 0.29) is 5.91 Å². The average Bonchev–Trinajstić information content (AvgIpc) is 2.84. The summed E-state index contributed by atoms with van der Waals surface area (Å²) in [6.45, 7) is 4.58. The smallest absolute Gasteiger partial charge is 0.279 e. The third-order valence-corrected chi connectivity index (χ3v) is 4.68. The molecule has 4 nitrogen and oxygen atoms in total. The van der Waals surface area contributed by atoms with Gasteiger partial charge in [0.1, 0.15) is 5.75 Å². The van der Waals surface area contributed by atoms with E-state index in [0.29, 0.717) is 17.0 Å². The molecule has 118 valence electrons. The minimum atomic E-state index is -0.225. The van der Waals surface area contributed by atoms with Crippen LogP contribution in [0.2, 0.25) is 0 Å². The van der Waals surface area contributed by atoms with Gasteiger partial charge >= 0.3 is 0 Å². The van der Waals surface area contributed by atoms with Crippen molar-refractivity contribution in [3.63, 3.8) is 0 Å². The molecule has 3 aromatic rings. The minimum absolute atomic E-state index is 0.225. The number of carbonyl (C=O) groups is 1. The number of nitrogens with zero attached hydrogens (tertiary/aromatic N) is 2. The lowest BCUT2D eigenvalue weighted by atomic mass is 10.1. The molecule has 0 unspecified atom stereocenters. The second-order valence-electron chi connectivity index (χ2n) is 5.29. The summed E-state index contributed by atoms with van der Waals surface area (Å²) in [7, 11) is 1.92. The van der Waals surface area contributed by atoms with Crippen LogP contribution in [0.25, 0.3) is 10.2 Å². The maximum absolute atomic E-state index is 12.3. The van der Waals surface area contributed by atoms with Crippen LogP contribution < -0.4 is 9.54 Å². The van der Waals surface area contributed by atoms with E-state index in [1.807, 2.05) is 67.9 Å². The zero-order valence-corrected chi connectivity index (χ0v) is 14.2. The van der Waals surface area contributed by atoms with Crippen molar-refractivity contribution in [3.8, 4) is 5.75 Å². The van der Waals surface area contributed by atoms with Gasteiger partial charge in [0.25, 0.3) is 5.91 Å². The number of rotatable bonds is 3. The molecule has 0 N–H and O–H groups in total. The molecule has 0 aliphatic rings. The number of amides is 1. The first-order valence-corrected chi connectivity index (χ1v) is 8.28. The van der Waals surface area contributed by atoms with E-state index >= 15 is 0 Å². The molecule has 1 amide bonds. The van der Waals surface area contributed by atoms with Crippen LogP contribution in [0.1, 0.15) is 22.8 Å². The Morgan fingerprint density at radius 2 is 1.96 bits per heavy atom. The van der Waals surface area contributed by atoms with Gasteiger partial charge in [-0.3, -0.25) is 4.79 Å². The maximum Gasteiger partial charge on any atom is 0.279 e. The Morgan fingerprint density at radius 1 is 1.22 bits per heavy atom. The topological polar surface area (TPSA) is 43.6 Å². The molecule has 2 aromatic carbocycles. The number of carbonyl (C=O) groups excluding carboxylic acids is 1. The first-order valence-electron chi connectivity index (χ1n) is 7.46. The van der Waals surface area contributed by atoms with Crippen LogP contribution in [0.15, 0.2) is 47.5 Å². The molecule has 0 saturated heterocycles.